The van der Waals surface area contributed by atoms with Crippen LogP contribution in [0.2, 0.25) is 0 Å². The molecule has 0 heterocycles. The highest BCUT2D eigenvalue weighted by atomic mass is 16.3. The monoisotopic (exact) mass is 356 g/mol. The Bertz CT molecular complexity index is 655. The maximum absolute atomic E-state index is 10.7. The SMILES string of the molecule is CC(C)C1=CC[C@@]2(C)[C@@H]1C=C[C@@H]1[C@@]3(C)CC[C@H](O)C(C)(C)[C@@H]3CC[C@@]12C. The number of allylic oxidation sites excluding steroid dienone is 4. The van der Waals surface area contributed by atoms with Crippen molar-refractivity contribution in [2.75, 3.05) is 0 Å². The fourth-order valence-electron chi connectivity index (χ4n) is 8.23. The Balaban J connectivity index is 1.78. The van der Waals surface area contributed by atoms with E-state index in [0.717, 1.165) is 6.42 Å². The summed E-state index contributed by atoms with van der Waals surface area (Å²) in [6.07, 6.45) is 13.7. The van der Waals surface area contributed by atoms with Gasteiger partial charge in [-0.3, -0.25) is 0 Å². The van der Waals surface area contributed by atoms with Crippen LogP contribution in [0.25, 0.3) is 0 Å². The van der Waals surface area contributed by atoms with Gasteiger partial charge in [0.05, 0.1) is 6.10 Å². The van der Waals surface area contributed by atoms with E-state index in [0.29, 0.717) is 39.9 Å². The molecule has 1 nitrogen and oxygen atoms in total. The Morgan fingerprint density at radius 1 is 0.962 bits per heavy atom. The summed E-state index contributed by atoms with van der Waals surface area (Å²) < 4.78 is 0. The third-order valence-electron chi connectivity index (χ3n) is 10.1. The zero-order valence-corrected chi connectivity index (χ0v) is 18.1. The summed E-state index contributed by atoms with van der Waals surface area (Å²) in [5.41, 5.74) is 2.76. The lowest BCUT2D eigenvalue weighted by molar-refractivity contribution is -0.189. The van der Waals surface area contributed by atoms with Crippen LogP contribution in [0.3, 0.4) is 0 Å². The zero-order valence-electron chi connectivity index (χ0n) is 18.1. The topological polar surface area (TPSA) is 20.2 Å². The standard InChI is InChI=1S/C25H40O/c1-16(2)17-10-14-24(6)18(17)8-9-20-23(5)13-12-21(26)22(3,4)19(23)11-15-25(20,24)7/h8-10,16,18-21,26H,11-15H2,1-7H3/t18-,19+,20-,21+,23+,24+,25+/m1/s1. The predicted octanol–water partition coefficient (Wildman–Crippen LogP) is 6.38. The van der Waals surface area contributed by atoms with Crippen molar-refractivity contribution in [2.45, 2.75) is 86.7 Å². The smallest absolute Gasteiger partial charge is 0.0594 e. The molecule has 2 saturated carbocycles. The van der Waals surface area contributed by atoms with Gasteiger partial charge in [-0.1, -0.05) is 72.3 Å². The normalized spacial score (nSPS) is 52.3. The summed E-state index contributed by atoms with van der Waals surface area (Å²) in [6.45, 7) is 17.2. The average molecular weight is 357 g/mol. The third-order valence-corrected chi connectivity index (χ3v) is 10.1. The van der Waals surface area contributed by atoms with Crippen molar-refractivity contribution >= 4 is 0 Å². The minimum Gasteiger partial charge on any atom is -0.393 e. The number of rotatable bonds is 1. The van der Waals surface area contributed by atoms with E-state index in [2.05, 4.69) is 66.7 Å². The molecule has 0 bridgehead atoms. The van der Waals surface area contributed by atoms with E-state index < -0.39 is 0 Å². The van der Waals surface area contributed by atoms with Crippen LogP contribution in [-0.4, -0.2) is 11.2 Å². The molecule has 7 atom stereocenters. The molecule has 146 valence electrons. The predicted molar refractivity (Wildman–Crippen MR) is 110 cm³/mol. The van der Waals surface area contributed by atoms with Gasteiger partial charge in [-0.25, -0.2) is 0 Å². The van der Waals surface area contributed by atoms with Crippen LogP contribution in [0.5, 0.6) is 0 Å². The molecule has 1 N–H and O–H groups in total. The minimum atomic E-state index is -0.137. The molecule has 2 fully saturated rings. The molecule has 4 aliphatic rings. The highest BCUT2D eigenvalue weighted by molar-refractivity contribution is 5.34. The van der Waals surface area contributed by atoms with Crippen molar-refractivity contribution in [1.82, 2.24) is 0 Å². The van der Waals surface area contributed by atoms with Gasteiger partial charge < -0.3 is 5.11 Å². The number of aliphatic hydroxyl groups is 1. The highest BCUT2D eigenvalue weighted by Crippen LogP contribution is 2.73. The summed E-state index contributed by atoms with van der Waals surface area (Å²) in [4.78, 5) is 0. The number of hydrogen-bond acceptors (Lipinski definition) is 1. The van der Waals surface area contributed by atoms with Crippen LogP contribution in [0, 0.1) is 45.3 Å². The van der Waals surface area contributed by atoms with Gasteiger partial charge in [-0.15, -0.1) is 0 Å². The average Bonchev–Trinajstić information content (AvgIpc) is 2.90. The van der Waals surface area contributed by atoms with Crippen molar-refractivity contribution in [1.29, 1.82) is 0 Å². The van der Waals surface area contributed by atoms with Crippen LogP contribution in [0.4, 0.5) is 0 Å². The van der Waals surface area contributed by atoms with Gasteiger partial charge in [0.15, 0.2) is 0 Å². The van der Waals surface area contributed by atoms with Gasteiger partial charge in [-0.2, -0.15) is 0 Å². The molecule has 0 unspecified atom stereocenters. The van der Waals surface area contributed by atoms with Crippen LogP contribution in [0.15, 0.2) is 23.8 Å². The van der Waals surface area contributed by atoms with E-state index in [4.69, 9.17) is 0 Å². The maximum atomic E-state index is 10.7. The summed E-state index contributed by atoms with van der Waals surface area (Å²) in [7, 11) is 0. The van der Waals surface area contributed by atoms with Gasteiger partial charge in [-0.05, 0) is 71.5 Å². The van der Waals surface area contributed by atoms with Crippen molar-refractivity contribution in [3.8, 4) is 0 Å². The summed E-state index contributed by atoms with van der Waals surface area (Å²) >= 11 is 0. The quantitative estimate of drug-likeness (QED) is 0.540. The number of aliphatic hydroxyl groups excluding tert-OH is 1. The summed E-state index contributed by atoms with van der Waals surface area (Å²) in [6, 6.07) is 0. The first kappa shape index (κ1) is 18.8. The first-order valence-corrected chi connectivity index (χ1v) is 11.0. The second-order valence-electron chi connectivity index (χ2n) is 11.7. The Kier molecular flexibility index (Phi) is 3.97. The van der Waals surface area contributed by atoms with E-state index >= 15 is 0 Å². The molecule has 0 aromatic rings. The van der Waals surface area contributed by atoms with Crippen molar-refractivity contribution in [2.24, 2.45) is 45.3 Å². The molecular formula is C25H40O. The Labute approximate surface area is 161 Å². The molecule has 0 spiro atoms. The second kappa shape index (κ2) is 5.49. The van der Waals surface area contributed by atoms with E-state index in [1.165, 1.54) is 25.7 Å². The molecule has 0 amide bonds. The highest BCUT2D eigenvalue weighted by Gasteiger charge is 2.66. The van der Waals surface area contributed by atoms with Crippen molar-refractivity contribution < 1.29 is 5.11 Å². The molecule has 0 saturated heterocycles. The van der Waals surface area contributed by atoms with Crippen LogP contribution >= 0.6 is 0 Å². The van der Waals surface area contributed by atoms with Gasteiger partial charge in [0, 0.05) is 5.92 Å². The minimum absolute atomic E-state index is 0.0386. The van der Waals surface area contributed by atoms with E-state index in [9.17, 15) is 5.11 Å². The summed E-state index contributed by atoms with van der Waals surface area (Å²) in [5, 5.41) is 10.7. The number of hydrogen-bond donors (Lipinski definition) is 1. The van der Waals surface area contributed by atoms with Crippen LogP contribution in [0.1, 0.15) is 80.6 Å². The van der Waals surface area contributed by atoms with Crippen LogP contribution in [-0.2, 0) is 0 Å². The van der Waals surface area contributed by atoms with Gasteiger partial charge >= 0.3 is 0 Å². The van der Waals surface area contributed by atoms with Crippen molar-refractivity contribution in [3.05, 3.63) is 23.8 Å². The number of fused-ring (bicyclic) bond motifs is 5. The molecule has 0 radical (unpaired) electrons. The zero-order chi connectivity index (χ0) is 19.1. The van der Waals surface area contributed by atoms with Gasteiger partial charge in [0.25, 0.3) is 0 Å². The van der Waals surface area contributed by atoms with E-state index in [1.807, 2.05) is 0 Å². The lowest BCUT2D eigenvalue weighted by atomic mass is 9.36. The van der Waals surface area contributed by atoms with E-state index in [-0.39, 0.29) is 11.5 Å². The lowest BCUT2D eigenvalue weighted by Gasteiger charge is -2.68. The Morgan fingerprint density at radius 2 is 1.65 bits per heavy atom. The lowest BCUT2D eigenvalue weighted by Crippen LogP contribution is -2.62. The fraction of sp³-hybridized carbons (Fsp3) is 0.840. The van der Waals surface area contributed by atoms with E-state index in [1.54, 1.807) is 5.57 Å². The molecular weight excluding hydrogens is 316 g/mol. The second-order valence-corrected chi connectivity index (χ2v) is 11.7. The van der Waals surface area contributed by atoms with Gasteiger partial charge in [0.1, 0.15) is 0 Å². The molecule has 0 aliphatic heterocycles. The van der Waals surface area contributed by atoms with Crippen LogP contribution < -0.4 is 0 Å². The molecule has 1 heteroatoms. The molecule has 4 aliphatic carbocycles. The molecule has 26 heavy (non-hydrogen) atoms. The summed E-state index contributed by atoms with van der Waals surface area (Å²) in [5.74, 6) is 2.55. The molecule has 0 aromatic carbocycles. The first-order valence-electron chi connectivity index (χ1n) is 11.0. The first-order chi connectivity index (χ1) is 12.0. The Morgan fingerprint density at radius 3 is 2.31 bits per heavy atom. The van der Waals surface area contributed by atoms with Crippen molar-refractivity contribution in [3.63, 3.8) is 0 Å². The molecule has 0 aromatic heterocycles. The fourth-order valence-corrected chi connectivity index (χ4v) is 8.23. The van der Waals surface area contributed by atoms with Gasteiger partial charge in [0.2, 0.25) is 0 Å². The molecule has 4 rings (SSSR count). The third kappa shape index (κ3) is 2.07. The maximum Gasteiger partial charge on any atom is 0.0594 e. The largest absolute Gasteiger partial charge is 0.393 e. The Hall–Kier alpha value is -0.560.